The number of hydrogen-bond acceptors (Lipinski definition) is 5. The van der Waals surface area contributed by atoms with Crippen molar-refractivity contribution < 1.29 is 19.1 Å². The van der Waals surface area contributed by atoms with Crippen LogP contribution in [0.3, 0.4) is 0 Å². The molecule has 3 heterocycles. The van der Waals surface area contributed by atoms with Gasteiger partial charge in [0.05, 0.1) is 10.9 Å². The monoisotopic (exact) mass is 366 g/mol. The van der Waals surface area contributed by atoms with Crippen LogP contribution in [0, 0.1) is 6.92 Å². The van der Waals surface area contributed by atoms with Crippen molar-refractivity contribution in [3.8, 4) is 0 Å². The number of rotatable bonds is 5. The van der Waals surface area contributed by atoms with E-state index >= 15 is 0 Å². The molecule has 25 heavy (non-hydrogen) atoms. The summed E-state index contributed by atoms with van der Waals surface area (Å²) < 4.78 is 10.5. The number of carbonyl (C=O) groups is 2. The first-order chi connectivity index (χ1) is 12.1. The molecule has 0 bridgehead atoms. The van der Waals surface area contributed by atoms with Gasteiger partial charge in [-0.2, -0.15) is 0 Å². The average Bonchev–Trinajstić information content (AvgIpc) is 3.25. The van der Waals surface area contributed by atoms with Gasteiger partial charge in [-0.15, -0.1) is 11.3 Å². The van der Waals surface area contributed by atoms with Crippen molar-refractivity contribution in [1.29, 1.82) is 0 Å². The maximum atomic E-state index is 12.7. The highest BCUT2D eigenvalue weighted by molar-refractivity contribution is 7.13. The molecule has 0 aliphatic carbocycles. The van der Waals surface area contributed by atoms with Crippen molar-refractivity contribution in [1.82, 2.24) is 9.80 Å². The van der Waals surface area contributed by atoms with Gasteiger partial charge in [0.25, 0.3) is 5.91 Å². The number of methoxy groups -OCH3 is 1. The Kier molecular flexibility index (Phi) is 6.09. The van der Waals surface area contributed by atoms with Crippen molar-refractivity contribution in [3.05, 3.63) is 21.9 Å². The average molecular weight is 366 g/mol. The van der Waals surface area contributed by atoms with E-state index in [4.69, 9.17) is 9.47 Å². The lowest BCUT2D eigenvalue weighted by atomic mass is 10.0. The summed E-state index contributed by atoms with van der Waals surface area (Å²) in [6.45, 7) is 4.76. The molecule has 7 heteroatoms. The molecule has 6 nitrogen and oxygen atoms in total. The van der Waals surface area contributed by atoms with Gasteiger partial charge < -0.3 is 19.3 Å². The number of likely N-dealkylation sites (tertiary alicyclic amines) is 1. The summed E-state index contributed by atoms with van der Waals surface area (Å²) in [4.78, 5) is 31.1. The fourth-order valence-corrected chi connectivity index (χ4v) is 4.56. The van der Waals surface area contributed by atoms with Crippen LogP contribution in [-0.4, -0.2) is 73.7 Å². The van der Waals surface area contributed by atoms with Gasteiger partial charge in [0.2, 0.25) is 5.91 Å². The lowest BCUT2D eigenvalue weighted by Gasteiger charge is -2.38. The van der Waals surface area contributed by atoms with Crippen LogP contribution in [0.5, 0.6) is 0 Å². The van der Waals surface area contributed by atoms with Crippen molar-refractivity contribution in [2.45, 2.75) is 38.3 Å². The van der Waals surface area contributed by atoms with E-state index in [1.54, 1.807) is 7.11 Å². The normalized spacial score (nSPS) is 21.5. The molecular formula is C18H26N2O4S. The van der Waals surface area contributed by atoms with Gasteiger partial charge >= 0.3 is 0 Å². The molecule has 1 aromatic heterocycles. The molecule has 3 rings (SSSR count). The molecule has 1 unspecified atom stereocenters. The Hall–Kier alpha value is -1.44. The Bertz CT molecular complexity index is 612. The largest absolute Gasteiger partial charge is 0.381 e. The van der Waals surface area contributed by atoms with E-state index in [2.05, 4.69) is 0 Å². The van der Waals surface area contributed by atoms with Crippen LogP contribution in [0.1, 0.15) is 33.8 Å². The van der Waals surface area contributed by atoms with Crippen LogP contribution in [0.15, 0.2) is 12.1 Å². The third-order valence-corrected chi connectivity index (χ3v) is 5.92. The first-order valence-electron chi connectivity index (χ1n) is 8.83. The fourth-order valence-electron chi connectivity index (χ4n) is 3.73. The number of nitrogens with zero attached hydrogens (tertiary/aromatic N) is 2. The summed E-state index contributed by atoms with van der Waals surface area (Å²) in [6, 6.07) is 4.11. The van der Waals surface area contributed by atoms with Crippen molar-refractivity contribution in [3.63, 3.8) is 0 Å². The maximum Gasteiger partial charge on any atom is 0.263 e. The first kappa shape index (κ1) is 18.4. The molecule has 138 valence electrons. The van der Waals surface area contributed by atoms with Gasteiger partial charge in [-0.05, 0) is 38.3 Å². The third-order valence-electron chi connectivity index (χ3n) is 4.94. The van der Waals surface area contributed by atoms with E-state index in [0.717, 1.165) is 29.0 Å². The topological polar surface area (TPSA) is 59.1 Å². The molecule has 2 saturated heterocycles. The molecule has 1 atom stereocenters. The fraction of sp³-hybridized carbons (Fsp3) is 0.667. The van der Waals surface area contributed by atoms with Gasteiger partial charge in [-0.25, -0.2) is 0 Å². The highest BCUT2D eigenvalue weighted by Gasteiger charge is 2.37. The van der Waals surface area contributed by atoms with E-state index in [9.17, 15) is 9.59 Å². The summed E-state index contributed by atoms with van der Waals surface area (Å²) >= 11 is 1.53. The van der Waals surface area contributed by atoms with Crippen LogP contribution in [0.2, 0.25) is 0 Å². The van der Waals surface area contributed by atoms with Crippen LogP contribution in [-0.2, 0) is 14.3 Å². The van der Waals surface area contributed by atoms with Crippen molar-refractivity contribution >= 4 is 23.2 Å². The van der Waals surface area contributed by atoms with Crippen molar-refractivity contribution in [2.24, 2.45) is 0 Å². The molecule has 0 N–H and O–H groups in total. The lowest BCUT2D eigenvalue weighted by molar-refractivity contribution is -0.142. The minimum atomic E-state index is 0.0145. The molecule has 2 aliphatic rings. The second-order valence-electron chi connectivity index (χ2n) is 6.68. The van der Waals surface area contributed by atoms with Crippen LogP contribution < -0.4 is 0 Å². The van der Waals surface area contributed by atoms with Crippen molar-refractivity contribution in [2.75, 3.05) is 40.0 Å². The third kappa shape index (κ3) is 4.22. The zero-order valence-electron chi connectivity index (χ0n) is 14.9. The minimum absolute atomic E-state index is 0.0145. The molecule has 1 aromatic rings. The Balaban J connectivity index is 1.69. The second-order valence-corrected chi connectivity index (χ2v) is 7.97. The van der Waals surface area contributed by atoms with Gasteiger partial charge in [0.15, 0.2) is 0 Å². The lowest BCUT2D eigenvalue weighted by Crippen LogP contribution is -2.51. The number of aryl methyl sites for hydroxylation is 1. The Morgan fingerprint density at radius 2 is 2.04 bits per heavy atom. The molecule has 2 aliphatic heterocycles. The maximum absolute atomic E-state index is 12.7. The van der Waals surface area contributed by atoms with E-state index in [-0.39, 0.29) is 30.5 Å². The number of amides is 2. The van der Waals surface area contributed by atoms with Gasteiger partial charge in [0.1, 0.15) is 6.61 Å². The zero-order chi connectivity index (χ0) is 17.8. The molecule has 0 saturated carbocycles. The Morgan fingerprint density at radius 1 is 1.28 bits per heavy atom. The number of ether oxygens (including phenoxy) is 2. The van der Waals surface area contributed by atoms with E-state index < -0.39 is 0 Å². The number of carbonyl (C=O) groups excluding carboxylic acids is 2. The van der Waals surface area contributed by atoms with Crippen LogP contribution in [0.4, 0.5) is 0 Å². The zero-order valence-corrected chi connectivity index (χ0v) is 15.7. The summed E-state index contributed by atoms with van der Waals surface area (Å²) in [6.07, 6.45) is 2.52. The Morgan fingerprint density at radius 3 is 2.68 bits per heavy atom. The smallest absolute Gasteiger partial charge is 0.263 e. The quantitative estimate of drug-likeness (QED) is 0.799. The summed E-state index contributed by atoms with van der Waals surface area (Å²) in [5.41, 5.74) is 0. The SMILES string of the molecule is COCC(=O)N(C1CCOCC1)C1CCN(C(=O)c2ccc(C)s2)C1. The summed E-state index contributed by atoms with van der Waals surface area (Å²) in [5.74, 6) is 0.0902. The summed E-state index contributed by atoms with van der Waals surface area (Å²) in [5, 5.41) is 0. The highest BCUT2D eigenvalue weighted by Crippen LogP contribution is 2.26. The molecule has 2 amide bonds. The number of hydrogen-bond donors (Lipinski definition) is 0. The molecule has 2 fully saturated rings. The minimum Gasteiger partial charge on any atom is -0.381 e. The van der Waals surface area contributed by atoms with E-state index in [1.165, 1.54) is 11.3 Å². The predicted molar refractivity (Wildman–Crippen MR) is 95.9 cm³/mol. The second kappa shape index (κ2) is 8.29. The van der Waals surface area contributed by atoms with E-state index in [1.807, 2.05) is 28.9 Å². The summed E-state index contributed by atoms with van der Waals surface area (Å²) in [7, 11) is 1.55. The molecular weight excluding hydrogens is 340 g/mol. The van der Waals surface area contributed by atoms with Gasteiger partial charge in [-0.3, -0.25) is 9.59 Å². The standard InChI is InChI=1S/C18H26N2O4S/c1-13-3-4-16(25-13)18(22)19-8-5-15(11-19)20(17(21)12-23-2)14-6-9-24-10-7-14/h3-4,14-15H,5-12H2,1-2H3. The van der Waals surface area contributed by atoms with Crippen LogP contribution in [0.25, 0.3) is 0 Å². The van der Waals surface area contributed by atoms with Crippen LogP contribution >= 0.6 is 11.3 Å². The highest BCUT2D eigenvalue weighted by atomic mass is 32.1. The van der Waals surface area contributed by atoms with Gasteiger partial charge in [0, 0.05) is 44.3 Å². The predicted octanol–water partition coefficient (Wildman–Crippen LogP) is 1.93. The number of thiophene rings is 1. The van der Waals surface area contributed by atoms with Gasteiger partial charge in [-0.1, -0.05) is 0 Å². The Labute approximate surface area is 152 Å². The molecule has 0 aromatic carbocycles. The first-order valence-corrected chi connectivity index (χ1v) is 9.65. The molecule has 0 spiro atoms. The van der Waals surface area contributed by atoms with E-state index in [0.29, 0.717) is 26.3 Å². The molecule has 0 radical (unpaired) electrons.